The lowest BCUT2D eigenvalue weighted by molar-refractivity contribution is -0.122. The number of nitrogens with one attached hydrogen (secondary N) is 1. The molecule has 0 heterocycles. The van der Waals surface area contributed by atoms with Crippen molar-refractivity contribution >= 4 is 5.91 Å². The second kappa shape index (κ2) is 7.60. The Morgan fingerprint density at radius 2 is 2.26 bits per heavy atom. The molecule has 0 fully saturated rings. The van der Waals surface area contributed by atoms with Gasteiger partial charge in [-0.15, -0.1) is 0 Å². The van der Waals surface area contributed by atoms with Crippen molar-refractivity contribution in [3.8, 4) is 11.5 Å². The molecule has 1 amide bonds. The first-order valence-electron chi connectivity index (χ1n) is 6.01. The van der Waals surface area contributed by atoms with Crippen molar-refractivity contribution in [2.45, 2.75) is 13.0 Å². The second-order valence-corrected chi connectivity index (χ2v) is 4.13. The number of phenolic OH excluding ortho intramolecular Hbond substituents is 1. The van der Waals surface area contributed by atoms with Gasteiger partial charge in [0.05, 0.1) is 13.7 Å². The number of nitrogens with two attached hydrogens (primary N) is 1. The summed E-state index contributed by atoms with van der Waals surface area (Å²) in [6, 6.07) is 5.26. The summed E-state index contributed by atoms with van der Waals surface area (Å²) in [5.74, 6) is 0.0793. The molecular formula is C13H20N2O4. The van der Waals surface area contributed by atoms with Crippen LogP contribution in [0.25, 0.3) is 0 Å². The van der Waals surface area contributed by atoms with Crippen molar-refractivity contribution in [3.05, 3.63) is 23.8 Å². The highest BCUT2D eigenvalue weighted by molar-refractivity contribution is 5.74. The summed E-state index contributed by atoms with van der Waals surface area (Å²) in [4.78, 5) is 10.5. The van der Waals surface area contributed by atoms with E-state index >= 15 is 0 Å². The Morgan fingerprint density at radius 1 is 1.53 bits per heavy atom. The van der Waals surface area contributed by atoms with Crippen LogP contribution in [-0.4, -0.2) is 37.9 Å². The normalized spacial score (nSPS) is 12.1. The molecule has 106 valence electrons. The van der Waals surface area contributed by atoms with Gasteiger partial charge in [0.15, 0.2) is 11.5 Å². The molecule has 0 spiro atoms. The molecule has 0 aliphatic heterocycles. The smallest absolute Gasteiger partial charge is 0.243 e. The van der Waals surface area contributed by atoms with Crippen LogP contribution in [0.5, 0.6) is 11.5 Å². The molecule has 0 aliphatic carbocycles. The minimum atomic E-state index is -0.476. The Hall–Kier alpha value is -1.79. The lowest BCUT2D eigenvalue weighted by Crippen LogP contribution is -2.26. The fraction of sp³-hybridized carbons (Fsp3) is 0.462. The van der Waals surface area contributed by atoms with E-state index in [1.54, 1.807) is 12.1 Å². The van der Waals surface area contributed by atoms with Crippen LogP contribution in [0.15, 0.2) is 18.2 Å². The zero-order valence-corrected chi connectivity index (χ0v) is 11.2. The van der Waals surface area contributed by atoms with Gasteiger partial charge in [-0.3, -0.25) is 4.79 Å². The van der Waals surface area contributed by atoms with E-state index in [9.17, 15) is 9.90 Å². The number of ether oxygens (including phenoxy) is 2. The van der Waals surface area contributed by atoms with Crippen molar-refractivity contribution in [2.24, 2.45) is 5.73 Å². The topological polar surface area (TPSA) is 93.8 Å². The van der Waals surface area contributed by atoms with E-state index in [1.807, 2.05) is 13.0 Å². The van der Waals surface area contributed by atoms with Gasteiger partial charge in [0, 0.05) is 12.6 Å². The molecule has 1 aromatic rings. The fourth-order valence-corrected chi connectivity index (χ4v) is 1.60. The molecular weight excluding hydrogens is 248 g/mol. The molecule has 6 heteroatoms. The number of aromatic hydroxyl groups is 1. The van der Waals surface area contributed by atoms with E-state index in [0.717, 1.165) is 5.56 Å². The Bertz CT molecular complexity index is 423. The molecule has 1 aromatic carbocycles. The summed E-state index contributed by atoms with van der Waals surface area (Å²) in [7, 11) is 1.51. The van der Waals surface area contributed by atoms with Gasteiger partial charge in [-0.2, -0.15) is 0 Å². The predicted molar refractivity (Wildman–Crippen MR) is 71.1 cm³/mol. The van der Waals surface area contributed by atoms with Gasteiger partial charge in [-0.25, -0.2) is 0 Å². The third-order valence-corrected chi connectivity index (χ3v) is 2.65. The van der Waals surface area contributed by atoms with Crippen molar-refractivity contribution in [3.63, 3.8) is 0 Å². The molecule has 0 bridgehead atoms. The largest absolute Gasteiger partial charge is 0.504 e. The van der Waals surface area contributed by atoms with E-state index in [1.165, 1.54) is 7.11 Å². The van der Waals surface area contributed by atoms with E-state index < -0.39 is 5.91 Å². The Balaban J connectivity index is 2.40. The zero-order valence-electron chi connectivity index (χ0n) is 11.2. The minimum Gasteiger partial charge on any atom is -0.504 e. The van der Waals surface area contributed by atoms with Gasteiger partial charge in [0.25, 0.3) is 0 Å². The lowest BCUT2D eigenvalue weighted by Gasteiger charge is -2.15. The average Bonchev–Trinajstić information content (AvgIpc) is 2.38. The number of methoxy groups -OCH3 is 1. The van der Waals surface area contributed by atoms with Crippen LogP contribution in [0.3, 0.4) is 0 Å². The SMILES string of the molecule is COc1cc(C(C)NCCOCC(N)=O)ccc1O. The maximum absolute atomic E-state index is 10.5. The van der Waals surface area contributed by atoms with Crippen molar-refractivity contribution in [1.82, 2.24) is 5.32 Å². The van der Waals surface area contributed by atoms with Gasteiger partial charge in [-0.1, -0.05) is 6.07 Å². The summed E-state index contributed by atoms with van der Waals surface area (Å²) >= 11 is 0. The van der Waals surface area contributed by atoms with Crippen LogP contribution in [0, 0.1) is 0 Å². The molecule has 19 heavy (non-hydrogen) atoms. The van der Waals surface area contributed by atoms with Crippen molar-refractivity contribution in [1.29, 1.82) is 0 Å². The first kappa shape index (κ1) is 15.3. The van der Waals surface area contributed by atoms with E-state index in [0.29, 0.717) is 18.9 Å². The predicted octanol–water partition coefficient (Wildman–Crippen LogP) is 0.553. The monoisotopic (exact) mass is 268 g/mol. The number of hydrogen-bond donors (Lipinski definition) is 3. The average molecular weight is 268 g/mol. The lowest BCUT2D eigenvalue weighted by atomic mass is 10.1. The van der Waals surface area contributed by atoms with Gasteiger partial charge in [-0.05, 0) is 24.6 Å². The fourth-order valence-electron chi connectivity index (χ4n) is 1.60. The molecule has 1 rings (SSSR count). The molecule has 4 N–H and O–H groups in total. The zero-order chi connectivity index (χ0) is 14.3. The molecule has 0 aliphatic rings. The van der Waals surface area contributed by atoms with Gasteiger partial charge >= 0.3 is 0 Å². The highest BCUT2D eigenvalue weighted by Crippen LogP contribution is 2.28. The van der Waals surface area contributed by atoms with Gasteiger partial charge in [0.1, 0.15) is 6.61 Å². The van der Waals surface area contributed by atoms with Crippen LogP contribution in [0.2, 0.25) is 0 Å². The summed E-state index contributed by atoms with van der Waals surface area (Å²) in [6.45, 7) is 2.92. The summed E-state index contributed by atoms with van der Waals surface area (Å²) in [5, 5.41) is 12.7. The minimum absolute atomic E-state index is 0.0664. The molecule has 0 saturated carbocycles. The van der Waals surface area contributed by atoms with E-state index in [2.05, 4.69) is 5.32 Å². The number of phenols is 1. The second-order valence-electron chi connectivity index (χ2n) is 4.13. The molecule has 1 unspecified atom stereocenters. The highest BCUT2D eigenvalue weighted by Gasteiger charge is 2.08. The number of carbonyl (C=O) groups excluding carboxylic acids is 1. The summed E-state index contributed by atoms with van der Waals surface area (Å²) < 4.78 is 10.1. The van der Waals surface area contributed by atoms with Crippen LogP contribution in [0.4, 0.5) is 0 Å². The number of benzene rings is 1. The summed E-state index contributed by atoms with van der Waals surface area (Å²) in [5.41, 5.74) is 5.94. The number of carbonyl (C=O) groups is 1. The maximum Gasteiger partial charge on any atom is 0.243 e. The first-order valence-corrected chi connectivity index (χ1v) is 6.01. The Labute approximate surface area is 112 Å². The van der Waals surface area contributed by atoms with Gasteiger partial charge < -0.3 is 25.6 Å². The van der Waals surface area contributed by atoms with Gasteiger partial charge in [0.2, 0.25) is 5.91 Å². The standard InChI is InChI=1S/C13H20N2O4/c1-9(15-5-6-19-8-13(14)17)10-3-4-11(16)12(7-10)18-2/h3-4,7,9,15-16H,5-6,8H2,1-2H3,(H2,14,17). The maximum atomic E-state index is 10.5. The number of rotatable bonds is 8. The van der Waals surface area contributed by atoms with Crippen LogP contribution in [-0.2, 0) is 9.53 Å². The highest BCUT2D eigenvalue weighted by atomic mass is 16.5. The number of hydrogen-bond acceptors (Lipinski definition) is 5. The molecule has 0 saturated heterocycles. The Morgan fingerprint density at radius 3 is 2.89 bits per heavy atom. The molecule has 0 radical (unpaired) electrons. The molecule has 6 nitrogen and oxygen atoms in total. The Kier molecular flexibility index (Phi) is 6.11. The number of primary amides is 1. The third-order valence-electron chi connectivity index (χ3n) is 2.65. The van der Waals surface area contributed by atoms with Crippen LogP contribution >= 0.6 is 0 Å². The molecule has 0 aromatic heterocycles. The van der Waals surface area contributed by atoms with Crippen molar-refractivity contribution in [2.75, 3.05) is 26.9 Å². The molecule has 1 atom stereocenters. The van der Waals surface area contributed by atoms with E-state index in [-0.39, 0.29) is 18.4 Å². The van der Waals surface area contributed by atoms with Crippen LogP contribution in [0.1, 0.15) is 18.5 Å². The van der Waals surface area contributed by atoms with Crippen LogP contribution < -0.4 is 15.8 Å². The third kappa shape index (κ3) is 5.15. The van der Waals surface area contributed by atoms with Crippen molar-refractivity contribution < 1.29 is 19.4 Å². The summed E-state index contributed by atoms with van der Waals surface area (Å²) in [6.07, 6.45) is 0. The number of amides is 1. The quantitative estimate of drug-likeness (QED) is 0.599. The first-order chi connectivity index (χ1) is 9.04. The van der Waals surface area contributed by atoms with E-state index in [4.69, 9.17) is 15.2 Å².